The zero-order valence-electron chi connectivity index (χ0n) is 9.07. The van der Waals surface area contributed by atoms with Gasteiger partial charge in [-0.25, -0.2) is 0 Å². The standard InChI is InChI=1S/C11H14BrNO3/c1-11(10(14)15)5-2-6-13(11)7-8-3-4-9(12)16-8/h3-4H,2,5-7H2,1H3,(H,14,15). The van der Waals surface area contributed by atoms with Crippen LogP contribution in [-0.4, -0.2) is 28.1 Å². The molecular weight excluding hydrogens is 274 g/mol. The molecular formula is C11H14BrNO3. The number of furan rings is 1. The number of carboxylic acids is 1. The fraction of sp³-hybridized carbons (Fsp3) is 0.545. The van der Waals surface area contributed by atoms with E-state index < -0.39 is 11.5 Å². The predicted octanol–water partition coefficient (Wildman–Crippen LogP) is 2.48. The number of nitrogens with zero attached hydrogens (tertiary/aromatic N) is 1. The topological polar surface area (TPSA) is 53.7 Å². The fourth-order valence-corrected chi connectivity index (χ4v) is 2.48. The summed E-state index contributed by atoms with van der Waals surface area (Å²) < 4.78 is 6.08. The molecule has 0 aromatic carbocycles. The van der Waals surface area contributed by atoms with Crippen LogP contribution < -0.4 is 0 Å². The van der Waals surface area contributed by atoms with E-state index in [1.54, 1.807) is 6.92 Å². The average molecular weight is 288 g/mol. The Morgan fingerprint density at radius 1 is 1.69 bits per heavy atom. The third-order valence-electron chi connectivity index (χ3n) is 3.23. The molecule has 0 bridgehead atoms. The van der Waals surface area contributed by atoms with Crippen LogP contribution >= 0.6 is 15.9 Å². The van der Waals surface area contributed by atoms with E-state index in [1.165, 1.54) is 0 Å². The lowest BCUT2D eigenvalue weighted by atomic mass is 9.99. The van der Waals surface area contributed by atoms with Crippen molar-refractivity contribution >= 4 is 21.9 Å². The van der Waals surface area contributed by atoms with Crippen LogP contribution in [0.15, 0.2) is 21.2 Å². The highest BCUT2D eigenvalue weighted by atomic mass is 79.9. The van der Waals surface area contributed by atoms with Crippen molar-refractivity contribution in [1.29, 1.82) is 0 Å². The fourth-order valence-electron chi connectivity index (χ4n) is 2.14. The molecule has 4 nitrogen and oxygen atoms in total. The maximum Gasteiger partial charge on any atom is 0.323 e. The molecule has 1 unspecified atom stereocenters. The van der Waals surface area contributed by atoms with E-state index in [0.29, 0.717) is 17.6 Å². The SMILES string of the molecule is CC1(C(=O)O)CCCN1Cc1ccc(Br)o1. The van der Waals surface area contributed by atoms with Crippen LogP contribution in [0.4, 0.5) is 0 Å². The molecule has 1 aliphatic rings. The molecule has 1 atom stereocenters. The van der Waals surface area contributed by atoms with E-state index in [0.717, 1.165) is 18.7 Å². The van der Waals surface area contributed by atoms with Gasteiger partial charge in [0, 0.05) is 0 Å². The number of carbonyl (C=O) groups is 1. The summed E-state index contributed by atoms with van der Waals surface area (Å²) in [5.41, 5.74) is -0.751. The molecule has 5 heteroatoms. The number of hydrogen-bond acceptors (Lipinski definition) is 3. The molecule has 0 radical (unpaired) electrons. The van der Waals surface area contributed by atoms with Gasteiger partial charge in [-0.1, -0.05) is 0 Å². The molecule has 16 heavy (non-hydrogen) atoms. The first-order chi connectivity index (χ1) is 7.52. The summed E-state index contributed by atoms with van der Waals surface area (Å²) in [4.78, 5) is 13.2. The second-order valence-corrected chi connectivity index (χ2v) is 5.09. The second-order valence-electron chi connectivity index (χ2n) is 4.31. The molecule has 2 rings (SSSR count). The first-order valence-electron chi connectivity index (χ1n) is 5.25. The van der Waals surface area contributed by atoms with E-state index in [-0.39, 0.29) is 0 Å². The number of halogens is 1. The molecule has 1 aromatic heterocycles. The van der Waals surface area contributed by atoms with Crippen LogP contribution in [0.2, 0.25) is 0 Å². The Bertz CT molecular complexity index is 404. The van der Waals surface area contributed by atoms with Crippen molar-refractivity contribution in [2.45, 2.75) is 31.8 Å². The number of hydrogen-bond donors (Lipinski definition) is 1. The molecule has 0 amide bonds. The third kappa shape index (κ3) is 2.01. The minimum Gasteiger partial charge on any atom is -0.480 e. The van der Waals surface area contributed by atoms with Gasteiger partial charge in [0.05, 0.1) is 6.54 Å². The minimum absolute atomic E-state index is 0.550. The van der Waals surface area contributed by atoms with Gasteiger partial charge in [-0.05, 0) is 54.4 Å². The largest absolute Gasteiger partial charge is 0.480 e. The van der Waals surface area contributed by atoms with Gasteiger partial charge in [0.1, 0.15) is 11.3 Å². The van der Waals surface area contributed by atoms with Crippen LogP contribution in [0.25, 0.3) is 0 Å². The Morgan fingerprint density at radius 2 is 2.44 bits per heavy atom. The molecule has 1 fully saturated rings. The Kier molecular flexibility index (Phi) is 3.08. The lowest BCUT2D eigenvalue weighted by molar-refractivity contribution is -0.149. The molecule has 0 spiro atoms. The molecule has 88 valence electrons. The molecule has 1 aliphatic heterocycles. The molecule has 0 aliphatic carbocycles. The summed E-state index contributed by atoms with van der Waals surface area (Å²) in [6, 6.07) is 3.69. The molecule has 1 aromatic rings. The van der Waals surface area contributed by atoms with Crippen LogP contribution in [0.5, 0.6) is 0 Å². The Hall–Kier alpha value is -0.810. The van der Waals surface area contributed by atoms with E-state index >= 15 is 0 Å². The van der Waals surface area contributed by atoms with Gasteiger partial charge in [0.25, 0.3) is 0 Å². The van der Waals surface area contributed by atoms with Crippen molar-refractivity contribution in [3.8, 4) is 0 Å². The van der Waals surface area contributed by atoms with E-state index in [1.807, 2.05) is 17.0 Å². The Balaban J connectivity index is 2.12. The molecule has 1 N–H and O–H groups in total. The lowest BCUT2D eigenvalue weighted by Gasteiger charge is -2.30. The number of aliphatic carboxylic acids is 1. The van der Waals surface area contributed by atoms with Gasteiger partial charge in [-0.3, -0.25) is 9.69 Å². The highest BCUT2D eigenvalue weighted by Gasteiger charge is 2.43. The summed E-state index contributed by atoms with van der Waals surface area (Å²) in [5, 5.41) is 9.24. The van der Waals surface area contributed by atoms with Crippen LogP contribution in [0, 0.1) is 0 Å². The van der Waals surface area contributed by atoms with Crippen molar-refractivity contribution in [3.05, 3.63) is 22.6 Å². The predicted molar refractivity (Wildman–Crippen MR) is 62.1 cm³/mol. The highest BCUT2D eigenvalue weighted by Crippen LogP contribution is 2.31. The van der Waals surface area contributed by atoms with Crippen molar-refractivity contribution in [1.82, 2.24) is 4.90 Å². The summed E-state index contributed by atoms with van der Waals surface area (Å²) in [6.07, 6.45) is 1.62. The third-order valence-corrected chi connectivity index (χ3v) is 3.65. The summed E-state index contributed by atoms with van der Waals surface area (Å²) in [5.74, 6) is 0.0388. The van der Waals surface area contributed by atoms with Crippen molar-refractivity contribution < 1.29 is 14.3 Å². The monoisotopic (exact) mass is 287 g/mol. The summed E-state index contributed by atoms with van der Waals surface area (Å²) in [7, 11) is 0. The Labute approximate surface area is 102 Å². The molecule has 1 saturated heterocycles. The number of rotatable bonds is 3. The Morgan fingerprint density at radius 3 is 3.00 bits per heavy atom. The van der Waals surface area contributed by atoms with E-state index in [2.05, 4.69) is 15.9 Å². The van der Waals surface area contributed by atoms with Gasteiger partial charge >= 0.3 is 5.97 Å². The molecule has 0 saturated carbocycles. The summed E-state index contributed by atoms with van der Waals surface area (Å²) >= 11 is 3.24. The lowest BCUT2D eigenvalue weighted by Crippen LogP contribution is -2.47. The highest BCUT2D eigenvalue weighted by molar-refractivity contribution is 9.10. The van der Waals surface area contributed by atoms with Gasteiger partial charge in [-0.15, -0.1) is 0 Å². The summed E-state index contributed by atoms with van der Waals surface area (Å²) in [6.45, 7) is 3.13. The van der Waals surface area contributed by atoms with Gasteiger partial charge in [-0.2, -0.15) is 0 Å². The van der Waals surface area contributed by atoms with Gasteiger partial charge < -0.3 is 9.52 Å². The van der Waals surface area contributed by atoms with Crippen LogP contribution in [0.3, 0.4) is 0 Å². The zero-order chi connectivity index (χ0) is 11.8. The van der Waals surface area contributed by atoms with Gasteiger partial charge in [0.15, 0.2) is 4.67 Å². The minimum atomic E-state index is -0.754. The van der Waals surface area contributed by atoms with Crippen molar-refractivity contribution in [3.63, 3.8) is 0 Å². The first kappa shape index (κ1) is 11.7. The van der Waals surface area contributed by atoms with Crippen LogP contribution in [0.1, 0.15) is 25.5 Å². The zero-order valence-corrected chi connectivity index (χ0v) is 10.7. The van der Waals surface area contributed by atoms with E-state index in [9.17, 15) is 9.90 Å². The number of likely N-dealkylation sites (tertiary alicyclic amines) is 1. The van der Waals surface area contributed by atoms with Crippen molar-refractivity contribution in [2.24, 2.45) is 0 Å². The van der Waals surface area contributed by atoms with Crippen LogP contribution in [-0.2, 0) is 11.3 Å². The second kappa shape index (κ2) is 4.22. The maximum atomic E-state index is 11.2. The van der Waals surface area contributed by atoms with E-state index in [4.69, 9.17) is 4.42 Å². The quantitative estimate of drug-likeness (QED) is 0.928. The first-order valence-corrected chi connectivity index (χ1v) is 6.04. The molecule has 2 heterocycles. The smallest absolute Gasteiger partial charge is 0.323 e. The van der Waals surface area contributed by atoms with Gasteiger partial charge in [0.2, 0.25) is 0 Å². The normalized spacial score (nSPS) is 26.1. The average Bonchev–Trinajstić information content (AvgIpc) is 2.76. The number of carboxylic acid groups (broad SMARTS) is 1. The maximum absolute atomic E-state index is 11.2. The van der Waals surface area contributed by atoms with Crippen molar-refractivity contribution in [2.75, 3.05) is 6.54 Å².